The molecule has 3 aromatic carbocycles. The van der Waals surface area contributed by atoms with Crippen molar-refractivity contribution in [1.82, 2.24) is 0 Å². The second-order valence-electron chi connectivity index (χ2n) is 8.60. The number of benzene rings is 3. The van der Waals surface area contributed by atoms with Crippen molar-refractivity contribution in [2.24, 2.45) is 0 Å². The summed E-state index contributed by atoms with van der Waals surface area (Å²) in [6.07, 6.45) is 5.72. The number of ether oxygens (including phenoxy) is 1. The fraction of sp³-hybridized carbons (Fsp3) is 0.259. The van der Waals surface area contributed by atoms with Crippen LogP contribution in [-0.2, 0) is 0 Å². The largest absolute Gasteiger partial charge is 0.506 e. The molecule has 182 valence electrons. The number of nitrogen functional groups attached to an aromatic ring is 2. The Morgan fingerprint density at radius 1 is 0.800 bits per heavy atom. The first-order chi connectivity index (χ1) is 16.8. The van der Waals surface area contributed by atoms with Crippen LogP contribution in [0.2, 0.25) is 5.02 Å². The Balaban J connectivity index is 1.66. The van der Waals surface area contributed by atoms with Crippen molar-refractivity contribution in [2.45, 2.75) is 39.0 Å². The van der Waals surface area contributed by atoms with Crippen LogP contribution >= 0.6 is 11.6 Å². The predicted molar refractivity (Wildman–Crippen MR) is 137 cm³/mol. The van der Waals surface area contributed by atoms with E-state index in [1.54, 1.807) is 24.3 Å². The highest BCUT2D eigenvalue weighted by atomic mass is 35.5. The Labute approximate surface area is 208 Å². The lowest BCUT2D eigenvalue weighted by atomic mass is 9.80. The first-order valence-corrected chi connectivity index (χ1v) is 11.9. The molecule has 8 heteroatoms. The fourth-order valence-corrected chi connectivity index (χ4v) is 4.59. The summed E-state index contributed by atoms with van der Waals surface area (Å²) in [6, 6.07) is 9.66. The number of hydrogen-bond acceptors (Lipinski definition) is 7. The molecule has 0 amide bonds. The molecular formula is C27H27ClN2O5. The summed E-state index contributed by atoms with van der Waals surface area (Å²) in [7, 11) is 0. The van der Waals surface area contributed by atoms with Crippen LogP contribution < -0.4 is 16.2 Å². The molecule has 4 rings (SSSR count). The van der Waals surface area contributed by atoms with Crippen LogP contribution in [-0.4, -0.2) is 28.4 Å². The summed E-state index contributed by atoms with van der Waals surface area (Å²) in [6.45, 7) is 2.80. The van der Waals surface area contributed by atoms with Crippen LogP contribution in [0.1, 0.15) is 70.9 Å². The fourth-order valence-electron chi connectivity index (χ4n) is 4.38. The molecule has 1 aliphatic rings. The van der Waals surface area contributed by atoms with Gasteiger partial charge in [0.1, 0.15) is 17.2 Å². The van der Waals surface area contributed by atoms with Gasteiger partial charge in [-0.1, -0.05) is 56.3 Å². The Bertz CT molecular complexity index is 1320. The van der Waals surface area contributed by atoms with Crippen molar-refractivity contribution in [3.8, 4) is 28.4 Å². The second kappa shape index (κ2) is 9.88. The van der Waals surface area contributed by atoms with Gasteiger partial charge in [-0.3, -0.25) is 9.59 Å². The smallest absolute Gasteiger partial charge is 0.200 e. The Morgan fingerprint density at radius 3 is 2.00 bits per heavy atom. The van der Waals surface area contributed by atoms with Crippen molar-refractivity contribution >= 4 is 34.5 Å². The number of carbonyl (C=O) groups excluding carboxylic acids is 2. The number of aromatic hydroxyl groups is 2. The van der Waals surface area contributed by atoms with Gasteiger partial charge in [0.15, 0.2) is 0 Å². The van der Waals surface area contributed by atoms with Crippen molar-refractivity contribution in [1.29, 1.82) is 0 Å². The number of carbonyl (C=O) groups is 2. The number of rotatable bonds is 8. The number of nitrogens with two attached hydrogens (primary N) is 2. The van der Waals surface area contributed by atoms with Gasteiger partial charge >= 0.3 is 0 Å². The Morgan fingerprint density at radius 2 is 1.37 bits per heavy atom. The van der Waals surface area contributed by atoms with Crippen LogP contribution in [0.25, 0.3) is 11.1 Å². The van der Waals surface area contributed by atoms with Crippen molar-refractivity contribution in [3.63, 3.8) is 0 Å². The molecule has 0 aliphatic heterocycles. The normalized spacial score (nSPS) is 12.4. The van der Waals surface area contributed by atoms with Gasteiger partial charge in [0, 0.05) is 16.9 Å². The van der Waals surface area contributed by atoms with Crippen LogP contribution in [0.5, 0.6) is 17.2 Å². The molecule has 6 N–H and O–H groups in total. The van der Waals surface area contributed by atoms with E-state index in [0.717, 1.165) is 12.8 Å². The maximum absolute atomic E-state index is 13.3. The van der Waals surface area contributed by atoms with E-state index < -0.39 is 23.1 Å². The van der Waals surface area contributed by atoms with Crippen molar-refractivity contribution < 1.29 is 24.5 Å². The molecule has 0 spiro atoms. The quantitative estimate of drug-likeness (QED) is 0.140. The average molecular weight is 495 g/mol. The van der Waals surface area contributed by atoms with E-state index in [2.05, 4.69) is 6.92 Å². The molecule has 0 unspecified atom stereocenters. The van der Waals surface area contributed by atoms with Gasteiger partial charge in [-0.25, -0.2) is 0 Å². The lowest BCUT2D eigenvalue weighted by Gasteiger charge is -2.23. The van der Waals surface area contributed by atoms with E-state index >= 15 is 0 Å². The van der Waals surface area contributed by atoms with Gasteiger partial charge in [0.2, 0.25) is 11.6 Å². The molecule has 0 radical (unpaired) electrons. The summed E-state index contributed by atoms with van der Waals surface area (Å²) in [5, 5.41) is 21.2. The van der Waals surface area contributed by atoms with E-state index in [1.165, 1.54) is 31.4 Å². The number of phenolic OH excluding ortho intramolecular Hbond substituents is 2. The summed E-state index contributed by atoms with van der Waals surface area (Å²) in [4.78, 5) is 26.5. The molecule has 3 aromatic rings. The average Bonchev–Trinajstić information content (AvgIpc) is 2.83. The Hall–Kier alpha value is -3.71. The monoisotopic (exact) mass is 494 g/mol. The van der Waals surface area contributed by atoms with Gasteiger partial charge in [0.05, 0.1) is 33.9 Å². The number of anilines is 2. The molecule has 7 nitrogen and oxygen atoms in total. The minimum atomic E-state index is -0.733. The van der Waals surface area contributed by atoms with Crippen molar-refractivity contribution in [3.05, 3.63) is 63.7 Å². The first kappa shape index (κ1) is 24.4. The lowest BCUT2D eigenvalue weighted by Crippen LogP contribution is -2.24. The van der Waals surface area contributed by atoms with Gasteiger partial charge in [0.25, 0.3) is 0 Å². The van der Waals surface area contributed by atoms with E-state index in [0.29, 0.717) is 17.9 Å². The zero-order chi connectivity index (χ0) is 25.3. The number of unbranched alkanes of at least 4 members (excludes halogenated alkanes) is 4. The number of fused-ring (bicyclic) bond motifs is 2. The molecule has 0 bridgehead atoms. The number of ketones is 2. The minimum Gasteiger partial charge on any atom is -0.506 e. The van der Waals surface area contributed by atoms with Gasteiger partial charge in [-0.15, -0.1) is 0 Å². The topological polar surface area (TPSA) is 136 Å². The van der Waals surface area contributed by atoms with E-state index in [9.17, 15) is 19.8 Å². The zero-order valence-corrected chi connectivity index (χ0v) is 20.1. The van der Waals surface area contributed by atoms with Crippen LogP contribution in [0, 0.1) is 0 Å². The summed E-state index contributed by atoms with van der Waals surface area (Å²) in [5.74, 6) is -1.70. The highest BCUT2D eigenvalue weighted by Crippen LogP contribution is 2.46. The SMILES string of the molecule is CCCCCCCOc1ccc(-c2cc(N)c3c(c2O)C(=O)c2c(N)cc(Cl)c(O)c2C3=O)cc1. The predicted octanol–water partition coefficient (Wildman–Crippen LogP) is 5.71. The van der Waals surface area contributed by atoms with Crippen LogP contribution in [0.3, 0.4) is 0 Å². The maximum atomic E-state index is 13.3. The third-order valence-corrected chi connectivity index (χ3v) is 6.49. The van der Waals surface area contributed by atoms with E-state index in [-0.39, 0.29) is 44.2 Å². The van der Waals surface area contributed by atoms with Crippen molar-refractivity contribution in [2.75, 3.05) is 18.1 Å². The van der Waals surface area contributed by atoms with Crippen LogP contribution in [0.15, 0.2) is 36.4 Å². The molecule has 0 fully saturated rings. The number of hydrogen-bond donors (Lipinski definition) is 4. The molecule has 35 heavy (non-hydrogen) atoms. The maximum Gasteiger partial charge on any atom is 0.200 e. The number of halogens is 1. The summed E-state index contributed by atoms with van der Waals surface area (Å²) in [5.41, 5.74) is 11.9. The number of phenols is 2. The standard InChI is InChI=1S/C27H27ClN2O5/c1-2-3-4-5-6-11-35-15-9-7-14(8-10-15)16-12-18(29)20-22(24(16)31)26(33)21-19(30)13-17(28)25(32)23(21)27(20)34/h7-10,12-13,31-32H,2-6,11,29-30H2,1H3. The minimum absolute atomic E-state index is 0.0119. The van der Waals surface area contributed by atoms with Crippen LogP contribution in [0.4, 0.5) is 11.4 Å². The van der Waals surface area contributed by atoms with Gasteiger partial charge < -0.3 is 26.4 Å². The first-order valence-electron chi connectivity index (χ1n) is 11.5. The van der Waals surface area contributed by atoms with Gasteiger partial charge in [-0.05, 0) is 36.2 Å². The highest BCUT2D eigenvalue weighted by Gasteiger charge is 2.39. The molecule has 0 atom stereocenters. The zero-order valence-electron chi connectivity index (χ0n) is 19.4. The molecule has 0 saturated heterocycles. The van der Waals surface area contributed by atoms with E-state index in [4.69, 9.17) is 27.8 Å². The van der Waals surface area contributed by atoms with Gasteiger partial charge in [-0.2, -0.15) is 0 Å². The highest BCUT2D eigenvalue weighted by molar-refractivity contribution is 6.38. The summed E-state index contributed by atoms with van der Waals surface area (Å²) < 4.78 is 5.79. The third-order valence-electron chi connectivity index (χ3n) is 6.20. The lowest BCUT2D eigenvalue weighted by molar-refractivity contribution is 0.0975. The van der Waals surface area contributed by atoms with E-state index in [1.807, 2.05) is 0 Å². The third kappa shape index (κ3) is 4.39. The Kier molecular flexibility index (Phi) is 6.89. The molecular weight excluding hydrogens is 468 g/mol. The molecule has 0 heterocycles. The second-order valence-corrected chi connectivity index (χ2v) is 9.01. The molecule has 0 saturated carbocycles. The summed E-state index contributed by atoms with van der Waals surface area (Å²) >= 11 is 5.96. The molecule has 0 aromatic heterocycles. The molecule has 1 aliphatic carbocycles.